The number of carbonyl (C=O) groups excluding carboxylic acids is 1. The van der Waals surface area contributed by atoms with Crippen molar-refractivity contribution in [3.63, 3.8) is 0 Å². The Bertz CT molecular complexity index is 140. The van der Waals surface area contributed by atoms with Crippen molar-refractivity contribution < 1.29 is 4.79 Å². The second-order valence-corrected chi connectivity index (χ2v) is 2.39. The number of likely N-dealkylation sites (tertiary alicyclic amines) is 1. The number of amides is 1. The van der Waals surface area contributed by atoms with E-state index >= 15 is 0 Å². The van der Waals surface area contributed by atoms with Crippen LogP contribution < -0.4 is 0 Å². The van der Waals surface area contributed by atoms with Crippen LogP contribution in [0.25, 0.3) is 0 Å². The van der Waals surface area contributed by atoms with E-state index in [0.717, 1.165) is 6.42 Å². The Balaban J connectivity index is 2.32. The van der Waals surface area contributed by atoms with Gasteiger partial charge < -0.3 is 4.90 Å². The summed E-state index contributed by atoms with van der Waals surface area (Å²) in [5, 5.41) is 0. The van der Waals surface area contributed by atoms with E-state index in [1.807, 2.05) is 13.1 Å². The molecule has 1 aliphatic heterocycles. The number of hydrogen-bond donors (Lipinski definition) is 0. The Morgan fingerprint density at radius 3 is 3.00 bits per heavy atom. The van der Waals surface area contributed by atoms with Gasteiger partial charge in [0.1, 0.15) is 0 Å². The van der Waals surface area contributed by atoms with Crippen LogP contribution in [0.5, 0.6) is 0 Å². The molecule has 0 saturated carbocycles. The zero-order valence-corrected chi connectivity index (χ0v) is 5.63. The molecule has 0 radical (unpaired) electrons. The normalized spacial score (nSPS) is 25.7. The molecule has 0 spiro atoms. The maximum absolute atomic E-state index is 10.6. The molecule has 1 aliphatic rings. The lowest BCUT2D eigenvalue weighted by Crippen LogP contribution is -2.49. The SMILES string of the molecule is C=CCC1CC(=O)N1C. The van der Waals surface area contributed by atoms with Crippen LogP contribution >= 0.6 is 0 Å². The molecule has 2 heteroatoms. The number of rotatable bonds is 2. The zero-order valence-electron chi connectivity index (χ0n) is 5.63. The van der Waals surface area contributed by atoms with Gasteiger partial charge >= 0.3 is 0 Å². The molecule has 0 bridgehead atoms. The molecule has 50 valence electrons. The van der Waals surface area contributed by atoms with Crippen molar-refractivity contribution in [2.75, 3.05) is 7.05 Å². The maximum Gasteiger partial charge on any atom is 0.224 e. The lowest BCUT2D eigenvalue weighted by atomic mass is 10.0. The largest absolute Gasteiger partial charge is 0.342 e. The van der Waals surface area contributed by atoms with Gasteiger partial charge in [-0.2, -0.15) is 0 Å². The third-order valence-electron chi connectivity index (χ3n) is 1.79. The molecule has 0 aromatic carbocycles. The van der Waals surface area contributed by atoms with Gasteiger partial charge in [-0.25, -0.2) is 0 Å². The topological polar surface area (TPSA) is 20.3 Å². The fourth-order valence-electron chi connectivity index (χ4n) is 1.01. The van der Waals surface area contributed by atoms with E-state index in [1.165, 1.54) is 0 Å². The van der Waals surface area contributed by atoms with Crippen molar-refractivity contribution in [1.29, 1.82) is 0 Å². The molecule has 9 heavy (non-hydrogen) atoms. The highest BCUT2D eigenvalue weighted by Crippen LogP contribution is 2.19. The highest BCUT2D eigenvalue weighted by atomic mass is 16.2. The third-order valence-corrected chi connectivity index (χ3v) is 1.79. The summed E-state index contributed by atoms with van der Waals surface area (Å²) >= 11 is 0. The van der Waals surface area contributed by atoms with Crippen LogP contribution in [0.3, 0.4) is 0 Å². The summed E-state index contributed by atoms with van der Waals surface area (Å²) in [7, 11) is 1.83. The van der Waals surface area contributed by atoms with Gasteiger partial charge in [0.15, 0.2) is 0 Å². The molecule has 0 aromatic heterocycles. The van der Waals surface area contributed by atoms with E-state index in [9.17, 15) is 4.79 Å². The molecule has 1 rings (SSSR count). The van der Waals surface area contributed by atoms with Crippen LogP contribution in [0.2, 0.25) is 0 Å². The minimum absolute atomic E-state index is 0.252. The van der Waals surface area contributed by atoms with E-state index in [0.29, 0.717) is 12.5 Å². The van der Waals surface area contributed by atoms with Gasteiger partial charge in [0, 0.05) is 19.5 Å². The van der Waals surface area contributed by atoms with Crippen molar-refractivity contribution in [1.82, 2.24) is 4.90 Å². The first-order chi connectivity index (χ1) is 4.25. The first-order valence-corrected chi connectivity index (χ1v) is 3.12. The fraction of sp³-hybridized carbons (Fsp3) is 0.571. The molecule has 1 unspecified atom stereocenters. The lowest BCUT2D eigenvalue weighted by molar-refractivity contribution is -0.143. The predicted molar refractivity (Wildman–Crippen MR) is 36.0 cm³/mol. The summed E-state index contributed by atoms with van der Waals surface area (Å²) in [5.74, 6) is 0.252. The Kier molecular flexibility index (Phi) is 1.56. The molecule has 1 fully saturated rings. The van der Waals surface area contributed by atoms with Crippen molar-refractivity contribution in [3.8, 4) is 0 Å². The quantitative estimate of drug-likeness (QED) is 0.394. The first kappa shape index (κ1) is 6.33. The smallest absolute Gasteiger partial charge is 0.224 e. The van der Waals surface area contributed by atoms with Crippen LogP contribution in [-0.4, -0.2) is 23.9 Å². The van der Waals surface area contributed by atoms with Gasteiger partial charge in [-0.05, 0) is 6.42 Å². The molecular weight excluding hydrogens is 114 g/mol. The van der Waals surface area contributed by atoms with E-state index in [-0.39, 0.29) is 5.91 Å². The minimum Gasteiger partial charge on any atom is -0.342 e. The summed E-state index contributed by atoms with van der Waals surface area (Å²) in [5.41, 5.74) is 0. The standard InChI is InChI=1S/C7H11NO/c1-3-4-6-5-7(9)8(6)2/h3,6H,1,4-5H2,2H3. The van der Waals surface area contributed by atoms with Gasteiger partial charge in [-0.1, -0.05) is 6.08 Å². The molecular formula is C7H11NO. The van der Waals surface area contributed by atoms with Crippen LogP contribution in [0.1, 0.15) is 12.8 Å². The molecule has 2 nitrogen and oxygen atoms in total. The molecule has 1 amide bonds. The molecule has 1 saturated heterocycles. The molecule has 1 heterocycles. The minimum atomic E-state index is 0.252. The van der Waals surface area contributed by atoms with E-state index < -0.39 is 0 Å². The van der Waals surface area contributed by atoms with Gasteiger partial charge in [0.25, 0.3) is 0 Å². The second kappa shape index (κ2) is 2.21. The van der Waals surface area contributed by atoms with Crippen LogP contribution in [0.15, 0.2) is 12.7 Å². The number of nitrogens with zero attached hydrogens (tertiary/aromatic N) is 1. The van der Waals surface area contributed by atoms with Crippen LogP contribution in [0.4, 0.5) is 0 Å². The van der Waals surface area contributed by atoms with Crippen molar-refractivity contribution in [2.45, 2.75) is 18.9 Å². The molecule has 0 N–H and O–H groups in total. The van der Waals surface area contributed by atoms with E-state index in [4.69, 9.17) is 0 Å². The Morgan fingerprint density at radius 2 is 2.67 bits per heavy atom. The van der Waals surface area contributed by atoms with Crippen molar-refractivity contribution in [2.24, 2.45) is 0 Å². The Labute approximate surface area is 55.2 Å². The zero-order chi connectivity index (χ0) is 6.85. The van der Waals surface area contributed by atoms with Gasteiger partial charge in [-0.15, -0.1) is 6.58 Å². The number of hydrogen-bond acceptors (Lipinski definition) is 1. The van der Waals surface area contributed by atoms with E-state index in [2.05, 4.69) is 6.58 Å². The van der Waals surface area contributed by atoms with Crippen molar-refractivity contribution in [3.05, 3.63) is 12.7 Å². The summed E-state index contributed by atoms with van der Waals surface area (Å²) in [6.07, 6.45) is 3.50. The molecule has 0 aromatic rings. The summed E-state index contributed by atoms with van der Waals surface area (Å²) < 4.78 is 0. The van der Waals surface area contributed by atoms with Gasteiger partial charge in [0.2, 0.25) is 5.91 Å². The van der Waals surface area contributed by atoms with E-state index in [1.54, 1.807) is 4.90 Å². The fourth-order valence-corrected chi connectivity index (χ4v) is 1.01. The highest BCUT2D eigenvalue weighted by Gasteiger charge is 2.30. The predicted octanol–water partition coefficient (Wildman–Crippen LogP) is 0.793. The Morgan fingerprint density at radius 1 is 2.00 bits per heavy atom. The summed E-state index contributed by atoms with van der Waals surface area (Å²) in [6, 6.07) is 0.440. The Hall–Kier alpha value is -0.790. The average Bonchev–Trinajstić information content (AvgIpc) is 1.88. The molecule has 0 aliphatic carbocycles. The van der Waals surface area contributed by atoms with Crippen LogP contribution in [-0.2, 0) is 4.79 Å². The van der Waals surface area contributed by atoms with Crippen LogP contribution in [0, 0.1) is 0 Å². The highest BCUT2D eigenvalue weighted by molar-refractivity contribution is 5.82. The lowest BCUT2D eigenvalue weighted by Gasteiger charge is -2.36. The summed E-state index contributed by atoms with van der Waals surface area (Å²) in [6.45, 7) is 3.60. The third kappa shape index (κ3) is 0.969. The number of carbonyl (C=O) groups is 1. The maximum atomic E-state index is 10.6. The monoisotopic (exact) mass is 125 g/mol. The van der Waals surface area contributed by atoms with Crippen molar-refractivity contribution >= 4 is 5.91 Å². The summed E-state index contributed by atoms with van der Waals surface area (Å²) in [4.78, 5) is 12.4. The number of β-lactam (4-membered cyclic amide) rings is 1. The van der Waals surface area contributed by atoms with Gasteiger partial charge in [0.05, 0.1) is 0 Å². The average molecular weight is 125 g/mol. The second-order valence-electron chi connectivity index (χ2n) is 2.39. The van der Waals surface area contributed by atoms with Gasteiger partial charge in [-0.3, -0.25) is 4.79 Å². The first-order valence-electron chi connectivity index (χ1n) is 3.12. The molecule has 1 atom stereocenters.